The van der Waals surface area contributed by atoms with Gasteiger partial charge in [-0.25, -0.2) is 0 Å². The van der Waals surface area contributed by atoms with E-state index in [0.717, 1.165) is 5.69 Å². The van der Waals surface area contributed by atoms with Gasteiger partial charge in [-0.1, -0.05) is 18.2 Å². The standard InChI is InChI=1S/C19H19N3O3/c1-4-24-14-8-6-5-7-12(14)16-13(10-20)18(21)25-15-9-11(2)22(3)19(23)17(15)16/h5-9,16H,4,21H2,1-3H3/t16-/m0/s1. The molecule has 0 bridgehead atoms. The normalized spacial score (nSPS) is 16.0. The van der Waals surface area contributed by atoms with Gasteiger partial charge in [-0.05, 0) is 19.9 Å². The Morgan fingerprint density at radius 1 is 1.40 bits per heavy atom. The number of ether oxygens (including phenoxy) is 2. The molecule has 0 aliphatic carbocycles. The second-order valence-electron chi connectivity index (χ2n) is 5.82. The fraction of sp³-hybridized carbons (Fsp3) is 0.263. The maximum atomic E-state index is 12.9. The maximum Gasteiger partial charge on any atom is 0.258 e. The van der Waals surface area contributed by atoms with E-state index in [0.29, 0.717) is 29.2 Å². The summed E-state index contributed by atoms with van der Waals surface area (Å²) in [5.41, 5.74) is 7.83. The predicted octanol–water partition coefficient (Wildman–Crippen LogP) is 2.31. The van der Waals surface area contributed by atoms with Crippen LogP contribution in [0.1, 0.15) is 29.7 Å². The summed E-state index contributed by atoms with van der Waals surface area (Å²) >= 11 is 0. The third-order valence-electron chi connectivity index (χ3n) is 4.38. The Kier molecular flexibility index (Phi) is 4.24. The molecule has 0 fully saturated rings. The van der Waals surface area contributed by atoms with Crippen molar-refractivity contribution in [1.82, 2.24) is 4.57 Å². The van der Waals surface area contributed by atoms with E-state index in [9.17, 15) is 10.1 Å². The second-order valence-corrected chi connectivity index (χ2v) is 5.82. The zero-order chi connectivity index (χ0) is 18.1. The number of hydrogen-bond acceptors (Lipinski definition) is 5. The summed E-state index contributed by atoms with van der Waals surface area (Å²) in [6, 6.07) is 11.2. The van der Waals surface area contributed by atoms with Crippen molar-refractivity contribution in [3.05, 3.63) is 69.0 Å². The van der Waals surface area contributed by atoms with Crippen molar-refractivity contribution < 1.29 is 9.47 Å². The molecule has 6 heteroatoms. The van der Waals surface area contributed by atoms with E-state index < -0.39 is 5.92 Å². The molecular formula is C19H19N3O3. The number of nitriles is 1. The molecule has 0 unspecified atom stereocenters. The van der Waals surface area contributed by atoms with Gasteiger partial charge < -0.3 is 19.8 Å². The minimum atomic E-state index is -0.629. The number of fused-ring (bicyclic) bond motifs is 1. The molecule has 1 aromatic heterocycles. The molecular weight excluding hydrogens is 318 g/mol. The molecule has 1 aromatic carbocycles. The van der Waals surface area contributed by atoms with E-state index in [-0.39, 0.29) is 17.0 Å². The van der Waals surface area contributed by atoms with Crippen LogP contribution in [0.15, 0.2) is 46.6 Å². The van der Waals surface area contributed by atoms with Crippen LogP contribution in [-0.4, -0.2) is 11.2 Å². The Hall–Kier alpha value is -3.20. The monoisotopic (exact) mass is 337 g/mol. The molecule has 0 amide bonds. The smallest absolute Gasteiger partial charge is 0.258 e. The van der Waals surface area contributed by atoms with E-state index in [2.05, 4.69) is 6.07 Å². The highest BCUT2D eigenvalue weighted by Crippen LogP contribution is 2.43. The lowest BCUT2D eigenvalue weighted by Gasteiger charge is -2.27. The highest BCUT2D eigenvalue weighted by atomic mass is 16.5. The van der Waals surface area contributed by atoms with Crippen LogP contribution in [0.25, 0.3) is 0 Å². The average Bonchev–Trinajstić information content (AvgIpc) is 2.59. The second kappa shape index (κ2) is 6.36. The molecule has 0 radical (unpaired) electrons. The first kappa shape index (κ1) is 16.7. The Labute approximate surface area is 145 Å². The van der Waals surface area contributed by atoms with Gasteiger partial charge in [0.15, 0.2) is 0 Å². The van der Waals surface area contributed by atoms with Crippen molar-refractivity contribution in [3.63, 3.8) is 0 Å². The van der Waals surface area contributed by atoms with Gasteiger partial charge >= 0.3 is 0 Å². The van der Waals surface area contributed by atoms with Crippen molar-refractivity contribution in [2.75, 3.05) is 6.61 Å². The number of aryl methyl sites for hydroxylation is 1. The lowest BCUT2D eigenvalue weighted by molar-refractivity contribution is 0.334. The SMILES string of the molecule is CCOc1ccccc1[C@H]1C(C#N)=C(N)Oc2cc(C)n(C)c(=O)c21. The number of nitrogens with zero attached hydrogens (tertiary/aromatic N) is 2. The number of hydrogen-bond donors (Lipinski definition) is 1. The number of nitrogens with two attached hydrogens (primary N) is 1. The van der Waals surface area contributed by atoms with Crippen LogP contribution in [0.5, 0.6) is 11.5 Å². The summed E-state index contributed by atoms with van der Waals surface area (Å²) < 4.78 is 12.8. The number of allylic oxidation sites excluding steroid dienone is 1. The van der Waals surface area contributed by atoms with Crippen LogP contribution >= 0.6 is 0 Å². The number of para-hydroxylation sites is 1. The molecule has 0 saturated carbocycles. The van der Waals surface area contributed by atoms with Gasteiger partial charge in [0, 0.05) is 24.4 Å². The van der Waals surface area contributed by atoms with Crippen molar-refractivity contribution in [2.24, 2.45) is 12.8 Å². The van der Waals surface area contributed by atoms with Crippen LogP contribution in [0.4, 0.5) is 0 Å². The molecule has 6 nitrogen and oxygen atoms in total. The molecule has 128 valence electrons. The Balaban J connectivity index is 2.35. The van der Waals surface area contributed by atoms with Crippen LogP contribution in [0.3, 0.4) is 0 Å². The summed E-state index contributed by atoms with van der Waals surface area (Å²) in [7, 11) is 1.69. The van der Waals surface area contributed by atoms with E-state index in [1.165, 1.54) is 4.57 Å². The van der Waals surface area contributed by atoms with E-state index >= 15 is 0 Å². The van der Waals surface area contributed by atoms with Gasteiger partial charge in [-0.15, -0.1) is 0 Å². The number of rotatable bonds is 3. The molecule has 2 N–H and O–H groups in total. The molecule has 0 saturated heterocycles. The van der Waals surface area contributed by atoms with Gasteiger partial charge in [0.1, 0.15) is 23.1 Å². The topological polar surface area (TPSA) is 90.3 Å². The summed E-state index contributed by atoms with van der Waals surface area (Å²) in [4.78, 5) is 12.9. The number of pyridine rings is 1. The number of benzene rings is 1. The van der Waals surface area contributed by atoms with Gasteiger partial charge in [0.2, 0.25) is 5.88 Å². The highest BCUT2D eigenvalue weighted by Gasteiger charge is 2.35. The molecule has 1 aliphatic heterocycles. The van der Waals surface area contributed by atoms with Gasteiger partial charge in [0.05, 0.1) is 18.1 Å². The lowest BCUT2D eigenvalue weighted by Crippen LogP contribution is -2.31. The molecule has 1 atom stereocenters. The fourth-order valence-electron chi connectivity index (χ4n) is 3.06. The Morgan fingerprint density at radius 3 is 2.80 bits per heavy atom. The molecule has 3 rings (SSSR count). The van der Waals surface area contributed by atoms with Crippen LogP contribution in [0, 0.1) is 18.3 Å². The lowest BCUT2D eigenvalue weighted by atomic mass is 9.83. The largest absolute Gasteiger partial charge is 0.494 e. The number of aromatic nitrogens is 1. The molecule has 0 spiro atoms. The van der Waals surface area contributed by atoms with Crippen LogP contribution in [0.2, 0.25) is 0 Å². The maximum absolute atomic E-state index is 12.9. The van der Waals surface area contributed by atoms with Crippen molar-refractivity contribution >= 4 is 0 Å². The summed E-state index contributed by atoms with van der Waals surface area (Å²) in [5.74, 6) is 0.384. The van der Waals surface area contributed by atoms with Crippen molar-refractivity contribution in [1.29, 1.82) is 5.26 Å². The fourth-order valence-corrected chi connectivity index (χ4v) is 3.06. The molecule has 2 aromatic rings. The highest BCUT2D eigenvalue weighted by molar-refractivity contribution is 5.58. The van der Waals surface area contributed by atoms with E-state index in [1.54, 1.807) is 13.1 Å². The van der Waals surface area contributed by atoms with Gasteiger partial charge in [0.25, 0.3) is 5.56 Å². The van der Waals surface area contributed by atoms with E-state index in [4.69, 9.17) is 15.2 Å². The third-order valence-corrected chi connectivity index (χ3v) is 4.38. The van der Waals surface area contributed by atoms with Crippen LogP contribution in [-0.2, 0) is 7.05 Å². The summed E-state index contributed by atoms with van der Waals surface area (Å²) in [6.45, 7) is 4.17. The predicted molar refractivity (Wildman–Crippen MR) is 93.3 cm³/mol. The van der Waals surface area contributed by atoms with Gasteiger partial charge in [-0.2, -0.15) is 5.26 Å². The zero-order valence-electron chi connectivity index (χ0n) is 14.4. The average molecular weight is 337 g/mol. The van der Waals surface area contributed by atoms with Crippen molar-refractivity contribution in [3.8, 4) is 17.6 Å². The third kappa shape index (κ3) is 2.64. The van der Waals surface area contributed by atoms with E-state index in [1.807, 2.05) is 38.1 Å². The molecule has 2 heterocycles. The molecule has 1 aliphatic rings. The van der Waals surface area contributed by atoms with Crippen LogP contribution < -0.4 is 20.8 Å². The minimum Gasteiger partial charge on any atom is -0.494 e. The minimum absolute atomic E-state index is 0.0129. The Bertz CT molecular complexity index is 967. The summed E-state index contributed by atoms with van der Waals surface area (Å²) in [6.07, 6.45) is 0. The van der Waals surface area contributed by atoms with Crippen molar-refractivity contribution in [2.45, 2.75) is 19.8 Å². The zero-order valence-corrected chi connectivity index (χ0v) is 14.4. The first-order valence-corrected chi connectivity index (χ1v) is 7.99. The van der Waals surface area contributed by atoms with Gasteiger partial charge in [-0.3, -0.25) is 4.79 Å². The summed E-state index contributed by atoms with van der Waals surface area (Å²) in [5, 5.41) is 9.64. The first-order valence-electron chi connectivity index (χ1n) is 7.99. The quantitative estimate of drug-likeness (QED) is 0.928. The Morgan fingerprint density at radius 2 is 2.12 bits per heavy atom. The first-order chi connectivity index (χ1) is 12.0. The molecule has 25 heavy (non-hydrogen) atoms.